The molecule has 0 fully saturated rings. The fourth-order valence-electron chi connectivity index (χ4n) is 1.49. The van der Waals surface area contributed by atoms with E-state index >= 15 is 0 Å². The summed E-state index contributed by atoms with van der Waals surface area (Å²) in [4.78, 5) is 4.37. The van der Waals surface area contributed by atoms with E-state index in [9.17, 15) is 0 Å². The molecule has 3 N–H and O–H groups in total. The van der Waals surface area contributed by atoms with Gasteiger partial charge in [0.05, 0.1) is 5.84 Å². The average Bonchev–Trinajstić information content (AvgIpc) is 2.70. The normalized spacial score (nSPS) is 10.8. The van der Waals surface area contributed by atoms with Gasteiger partial charge in [0, 0.05) is 12.2 Å². The topological polar surface area (TPSA) is 75.9 Å². The number of amidine groups is 1. The third-order valence-corrected chi connectivity index (χ3v) is 3.25. The minimum absolute atomic E-state index is 0.261. The van der Waals surface area contributed by atoms with Crippen LogP contribution in [0.5, 0.6) is 0 Å². The monoisotopic (exact) mass is 249 g/mol. The molecule has 5 heteroatoms. The third kappa shape index (κ3) is 3.49. The highest BCUT2D eigenvalue weighted by Gasteiger charge is 2.04. The van der Waals surface area contributed by atoms with Gasteiger partial charge in [0.25, 0.3) is 5.22 Å². The maximum absolute atomic E-state index is 7.11. The lowest BCUT2D eigenvalue weighted by Gasteiger charge is -1.97. The number of nitrogens with one attached hydrogen (secondary N) is 1. The average molecular weight is 249 g/mol. The summed E-state index contributed by atoms with van der Waals surface area (Å²) in [5, 5.41) is 7.82. The van der Waals surface area contributed by atoms with E-state index in [1.165, 1.54) is 0 Å². The molecule has 0 amide bonds. The number of rotatable bonds is 6. The zero-order chi connectivity index (χ0) is 12.1. The summed E-state index contributed by atoms with van der Waals surface area (Å²) < 4.78 is 5.58. The summed E-state index contributed by atoms with van der Waals surface area (Å²) in [5.41, 5.74) is 7.02. The maximum atomic E-state index is 7.11. The Morgan fingerprint density at radius 3 is 2.94 bits per heavy atom. The molecule has 1 aromatic heterocycles. The predicted molar refractivity (Wildman–Crippen MR) is 70.5 cm³/mol. The van der Waals surface area contributed by atoms with E-state index in [0.717, 1.165) is 29.7 Å². The Morgan fingerprint density at radius 1 is 1.35 bits per heavy atom. The highest BCUT2D eigenvalue weighted by Crippen LogP contribution is 2.23. The molecular formula is C12H15N3OS. The number of hydrogen-bond acceptors (Lipinski definition) is 4. The molecule has 1 aromatic carbocycles. The summed E-state index contributed by atoms with van der Waals surface area (Å²) in [5.74, 6) is 1.21. The van der Waals surface area contributed by atoms with Gasteiger partial charge in [-0.2, -0.15) is 0 Å². The van der Waals surface area contributed by atoms with Crippen LogP contribution in [0.3, 0.4) is 0 Å². The van der Waals surface area contributed by atoms with E-state index in [1.807, 2.05) is 24.3 Å². The SMILES string of the molecule is N=C(N)CCCCSc1nc2ccccc2o1. The molecule has 0 unspecified atom stereocenters. The Labute approximate surface area is 104 Å². The van der Waals surface area contributed by atoms with E-state index in [4.69, 9.17) is 15.6 Å². The first-order valence-corrected chi connectivity index (χ1v) is 6.55. The van der Waals surface area contributed by atoms with Crippen LogP contribution in [-0.2, 0) is 0 Å². The number of nitrogens with two attached hydrogens (primary N) is 1. The van der Waals surface area contributed by atoms with Gasteiger partial charge in [0.15, 0.2) is 5.58 Å². The first kappa shape index (κ1) is 12.0. The number of para-hydroxylation sites is 2. The molecule has 0 spiro atoms. The van der Waals surface area contributed by atoms with Crippen molar-refractivity contribution in [3.05, 3.63) is 24.3 Å². The Balaban J connectivity index is 1.81. The molecule has 2 aromatic rings. The third-order valence-electron chi connectivity index (χ3n) is 2.34. The van der Waals surface area contributed by atoms with Crippen LogP contribution in [0.4, 0.5) is 0 Å². The molecule has 0 bridgehead atoms. The molecule has 17 heavy (non-hydrogen) atoms. The highest BCUT2D eigenvalue weighted by atomic mass is 32.2. The van der Waals surface area contributed by atoms with Crippen molar-refractivity contribution >= 4 is 28.7 Å². The van der Waals surface area contributed by atoms with Crippen molar-refractivity contribution in [2.24, 2.45) is 5.73 Å². The van der Waals surface area contributed by atoms with Crippen LogP contribution in [-0.4, -0.2) is 16.6 Å². The lowest BCUT2D eigenvalue weighted by atomic mass is 10.2. The first-order valence-electron chi connectivity index (χ1n) is 5.57. The number of benzene rings is 1. The number of aromatic nitrogens is 1. The van der Waals surface area contributed by atoms with Gasteiger partial charge in [-0.25, -0.2) is 4.98 Å². The standard InChI is InChI=1S/C12H15N3OS/c13-11(14)7-3-4-8-17-12-15-9-5-1-2-6-10(9)16-12/h1-2,5-6H,3-4,7-8H2,(H3,13,14). The van der Waals surface area contributed by atoms with E-state index in [0.29, 0.717) is 11.6 Å². The number of nitrogens with zero attached hydrogens (tertiary/aromatic N) is 1. The molecular weight excluding hydrogens is 234 g/mol. The molecule has 0 aliphatic carbocycles. The number of thioether (sulfide) groups is 1. The number of hydrogen-bond donors (Lipinski definition) is 2. The Bertz CT molecular complexity index is 476. The number of unbranched alkanes of at least 4 members (excludes halogenated alkanes) is 1. The zero-order valence-electron chi connectivity index (χ0n) is 9.48. The van der Waals surface area contributed by atoms with Crippen molar-refractivity contribution < 1.29 is 4.42 Å². The first-order chi connectivity index (χ1) is 8.25. The van der Waals surface area contributed by atoms with Gasteiger partial charge < -0.3 is 10.2 Å². The zero-order valence-corrected chi connectivity index (χ0v) is 10.3. The molecule has 2 rings (SSSR count). The number of fused-ring (bicyclic) bond motifs is 1. The van der Waals surface area contributed by atoms with Crippen LogP contribution in [0.1, 0.15) is 19.3 Å². The van der Waals surface area contributed by atoms with E-state index in [2.05, 4.69) is 4.98 Å². The van der Waals surface area contributed by atoms with E-state index < -0.39 is 0 Å². The molecule has 4 nitrogen and oxygen atoms in total. The van der Waals surface area contributed by atoms with Gasteiger partial charge in [-0.05, 0) is 25.0 Å². The molecule has 0 aliphatic heterocycles. The summed E-state index contributed by atoms with van der Waals surface area (Å²) in [6.07, 6.45) is 2.64. The van der Waals surface area contributed by atoms with E-state index in [1.54, 1.807) is 11.8 Å². The van der Waals surface area contributed by atoms with Gasteiger partial charge in [0.1, 0.15) is 5.52 Å². The largest absolute Gasteiger partial charge is 0.431 e. The summed E-state index contributed by atoms with van der Waals surface area (Å²) in [6, 6.07) is 7.75. The minimum atomic E-state index is 0.261. The lowest BCUT2D eigenvalue weighted by molar-refractivity contribution is 0.489. The molecule has 0 aliphatic rings. The Morgan fingerprint density at radius 2 is 2.18 bits per heavy atom. The Kier molecular flexibility index (Phi) is 4.03. The molecule has 0 saturated carbocycles. The predicted octanol–water partition coefficient (Wildman–Crippen LogP) is 3.03. The fourth-order valence-corrected chi connectivity index (χ4v) is 2.32. The summed E-state index contributed by atoms with van der Waals surface area (Å²) in [7, 11) is 0. The van der Waals surface area contributed by atoms with Crippen LogP contribution in [0.25, 0.3) is 11.1 Å². The second kappa shape index (κ2) is 5.72. The van der Waals surface area contributed by atoms with Crippen LogP contribution >= 0.6 is 11.8 Å². The van der Waals surface area contributed by atoms with E-state index in [-0.39, 0.29) is 5.84 Å². The second-order valence-electron chi connectivity index (χ2n) is 3.78. The van der Waals surface area contributed by atoms with Crippen LogP contribution < -0.4 is 5.73 Å². The smallest absolute Gasteiger partial charge is 0.256 e. The minimum Gasteiger partial charge on any atom is -0.431 e. The van der Waals surface area contributed by atoms with Gasteiger partial charge >= 0.3 is 0 Å². The second-order valence-corrected chi connectivity index (χ2v) is 4.82. The Hall–Kier alpha value is -1.49. The number of oxazole rings is 1. The van der Waals surface area contributed by atoms with Gasteiger partial charge in [-0.15, -0.1) is 0 Å². The van der Waals surface area contributed by atoms with Crippen LogP contribution in [0.2, 0.25) is 0 Å². The lowest BCUT2D eigenvalue weighted by Crippen LogP contribution is -2.08. The van der Waals surface area contributed by atoms with Crippen molar-refractivity contribution in [3.8, 4) is 0 Å². The highest BCUT2D eigenvalue weighted by molar-refractivity contribution is 7.99. The molecule has 90 valence electrons. The fraction of sp³-hybridized carbons (Fsp3) is 0.333. The maximum Gasteiger partial charge on any atom is 0.256 e. The van der Waals surface area contributed by atoms with Crippen LogP contribution in [0.15, 0.2) is 33.9 Å². The van der Waals surface area contributed by atoms with Gasteiger partial charge in [0.2, 0.25) is 0 Å². The summed E-state index contributed by atoms with van der Waals surface area (Å²) in [6.45, 7) is 0. The molecule has 1 heterocycles. The van der Waals surface area contributed by atoms with Crippen molar-refractivity contribution in [2.45, 2.75) is 24.5 Å². The van der Waals surface area contributed by atoms with Crippen molar-refractivity contribution in [3.63, 3.8) is 0 Å². The van der Waals surface area contributed by atoms with Crippen molar-refractivity contribution in [1.82, 2.24) is 4.98 Å². The van der Waals surface area contributed by atoms with Gasteiger partial charge in [-0.1, -0.05) is 23.9 Å². The molecule has 0 atom stereocenters. The molecule has 0 saturated heterocycles. The van der Waals surface area contributed by atoms with Crippen molar-refractivity contribution in [2.75, 3.05) is 5.75 Å². The van der Waals surface area contributed by atoms with Crippen molar-refractivity contribution in [1.29, 1.82) is 5.41 Å². The summed E-state index contributed by atoms with van der Waals surface area (Å²) >= 11 is 1.61. The molecule has 0 radical (unpaired) electrons. The van der Waals surface area contributed by atoms with Gasteiger partial charge in [-0.3, -0.25) is 5.41 Å². The quantitative estimate of drug-likeness (QED) is 0.357. The van der Waals surface area contributed by atoms with Crippen LogP contribution in [0, 0.1) is 5.41 Å².